The van der Waals surface area contributed by atoms with Crippen molar-refractivity contribution in [2.45, 2.75) is 49.3 Å². The van der Waals surface area contributed by atoms with E-state index in [4.69, 9.17) is 5.11 Å². The highest BCUT2D eigenvalue weighted by atomic mass is 32.2. The van der Waals surface area contributed by atoms with E-state index in [1.165, 1.54) is 16.1 Å². The Labute approximate surface area is 112 Å². The molecule has 0 bridgehead atoms. The molecule has 0 spiro atoms. The molecule has 2 unspecified atom stereocenters. The van der Waals surface area contributed by atoms with E-state index in [9.17, 15) is 4.79 Å². The molecule has 2 N–H and O–H groups in total. The lowest BCUT2D eigenvalue weighted by atomic mass is 10.00. The van der Waals surface area contributed by atoms with Gasteiger partial charge in [-0.15, -0.1) is 11.8 Å². The maximum atomic E-state index is 10.9. The average Bonchev–Trinajstić information content (AvgIpc) is 2.28. The molecule has 2 atom stereocenters. The minimum atomic E-state index is -0.732. The Morgan fingerprint density at radius 3 is 2.83 bits per heavy atom. The molecule has 1 aliphatic rings. The Balaban J connectivity index is 2.30. The second kappa shape index (κ2) is 5.22. The van der Waals surface area contributed by atoms with Gasteiger partial charge in [-0.3, -0.25) is 4.79 Å². The molecule has 3 nitrogen and oxygen atoms in total. The molecule has 1 aromatic carbocycles. The summed E-state index contributed by atoms with van der Waals surface area (Å²) in [4.78, 5) is 12.0. The largest absolute Gasteiger partial charge is 0.481 e. The molecular formula is C14H19NO2S. The molecule has 4 heteroatoms. The minimum absolute atomic E-state index is 0.0948. The highest BCUT2D eigenvalue weighted by Crippen LogP contribution is 2.42. The SMILES string of the molecule is CC(C)c1cccc2c1NC(C)C(CC(=O)O)S2. The molecule has 0 radical (unpaired) electrons. The second-order valence-corrected chi connectivity index (χ2v) is 6.34. The number of fused-ring (bicyclic) bond motifs is 1. The maximum absolute atomic E-state index is 10.9. The quantitative estimate of drug-likeness (QED) is 0.877. The number of anilines is 1. The molecule has 0 aliphatic carbocycles. The first-order valence-corrected chi connectivity index (χ1v) is 7.15. The van der Waals surface area contributed by atoms with Gasteiger partial charge < -0.3 is 10.4 Å². The summed E-state index contributed by atoms with van der Waals surface area (Å²) in [5.74, 6) is -0.263. The van der Waals surface area contributed by atoms with Crippen LogP contribution in [0, 0.1) is 0 Å². The highest BCUT2D eigenvalue weighted by Gasteiger charge is 2.29. The molecule has 0 saturated heterocycles. The number of hydrogen-bond acceptors (Lipinski definition) is 3. The molecule has 0 amide bonds. The number of para-hydroxylation sites is 1. The van der Waals surface area contributed by atoms with E-state index in [-0.39, 0.29) is 17.7 Å². The van der Waals surface area contributed by atoms with Crippen LogP contribution in [0.5, 0.6) is 0 Å². The number of nitrogens with one attached hydrogen (secondary N) is 1. The van der Waals surface area contributed by atoms with Gasteiger partial charge in [-0.1, -0.05) is 26.0 Å². The van der Waals surface area contributed by atoms with Crippen LogP contribution in [0.4, 0.5) is 5.69 Å². The van der Waals surface area contributed by atoms with Crippen LogP contribution >= 0.6 is 11.8 Å². The van der Waals surface area contributed by atoms with Crippen molar-refractivity contribution in [1.82, 2.24) is 0 Å². The summed E-state index contributed by atoms with van der Waals surface area (Å²) < 4.78 is 0. The van der Waals surface area contributed by atoms with Gasteiger partial charge in [-0.2, -0.15) is 0 Å². The fourth-order valence-corrected chi connectivity index (χ4v) is 3.53. The smallest absolute Gasteiger partial charge is 0.304 e. The maximum Gasteiger partial charge on any atom is 0.304 e. The van der Waals surface area contributed by atoms with E-state index in [1.807, 2.05) is 0 Å². The lowest BCUT2D eigenvalue weighted by molar-refractivity contribution is -0.137. The lowest BCUT2D eigenvalue weighted by Gasteiger charge is -2.33. The molecule has 0 aromatic heterocycles. The highest BCUT2D eigenvalue weighted by molar-refractivity contribution is 8.00. The first kappa shape index (κ1) is 13.3. The van der Waals surface area contributed by atoms with Crippen LogP contribution in [0.2, 0.25) is 0 Å². The van der Waals surface area contributed by atoms with Crippen molar-refractivity contribution in [3.63, 3.8) is 0 Å². The summed E-state index contributed by atoms with van der Waals surface area (Å²) >= 11 is 1.68. The second-order valence-electron chi connectivity index (χ2n) is 5.06. The number of hydrogen-bond donors (Lipinski definition) is 2. The molecule has 0 saturated carbocycles. The van der Waals surface area contributed by atoms with Gasteiger partial charge >= 0.3 is 5.97 Å². The summed E-state index contributed by atoms with van der Waals surface area (Å²) in [5.41, 5.74) is 2.49. The van der Waals surface area contributed by atoms with E-state index < -0.39 is 5.97 Å². The van der Waals surface area contributed by atoms with Crippen LogP contribution in [-0.4, -0.2) is 22.4 Å². The summed E-state index contributed by atoms with van der Waals surface area (Å²) in [6, 6.07) is 6.44. The fraction of sp³-hybridized carbons (Fsp3) is 0.500. The van der Waals surface area contributed by atoms with Gasteiger partial charge in [0.1, 0.15) is 0 Å². The van der Waals surface area contributed by atoms with Crippen molar-refractivity contribution in [3.8, 4) is 0 Å². The zero-order valence-electron chi connectivity index (χ0n) is 10.9. The van der Waals surface area contributed by atoms with Crippen LogP contribution in [0.3, 0.4) is 0 Å². The Kier molecular flexibility index (Phi) is 3.85. The predicted octanol–water partition coefficient (Wildman–Crippen LogP) is 3.56. The van der Waals surface area contributed by atoms with Gasteiger partial charge in [-0.05, 0) is 24.5 Å². The molecule has 1 aromatic rings. The Morgan fingerprint density at radius 1 is 1.50 bits per heavy atom. The number of carboxylic acids is 1. The van der Waals surface area contributed by atoms with Gasteiger partial charge in [0.15, 0.2) is 0 Å². The van der Waals surface area contributed by atoms with E-state index in [2.05, 4.69) is 44.3 Å². The molecule has 98 valence electrons. The minimum Gasteiger partial charge on any atom is -0.481 e. The Hall–Kier alpha value is -1.16. The van der Waals surface area contributed by atoms with Gasteiger partial charge in [0.2, 0.25) is 0 Å². The number of thioether (sulfide) groups is 1. The Bertz CT molecular complexity index is 459. The van der Waals surface area contributed by atoms with Crippen LogP contribution in [0.15, 0.2) is 23.1 Å². The topological polar surface area (TPSA) is 49.3 Å². The number of carboxylic acid groups (broad SMARTS) is 1. The zero-order chi connectivity index (χ0) is 13.3. The average molecular weight is 265 g/mol. The van der Waals surface area contributed by atoms with Crippen LogP contribution in [-0.2, 0) is 4.79 Å². The molecule has 1 heterocycles. The Morgan fingerprint density at radius 2 is 2.22 bits per heavy atom. The summed E-state index contributed by atoms with van der Waals surface area (Å²) in [6.07, 6.45) is 0.199. The normalized spacial score (nSPS) is 22.4. The van der Waals surface area contributed by atoms with Crippen LogP contribution in [0.1, 0.15) is 38.7 Å². The van der Waals surface area contributed by atoms with E-state index in [1.54, 1.807) is 11.8 Å². The number of aliphatic carboxylic acids is 1. The van der Waals surface area contributed by atoms with Gasteiger partial charge in [-0.25, -0.2) is 0 Å². The van der Waals surface area contributed by atoms with E-state index in [0.29, 0.717) is 5.92 Å². The summed E-state index contributed by atoms with van der Waals surface area (Å²) in [5, 5.41) is 12.5. The van der Waals surface area contributed by atoms with Crippen molar-refractivity contribution in [2.24, 2.45) is 0 Å². The third kappa shape index (κ3) is 2.64. The zero-order valence-corrected chi connectivity index (χ0v) is 11.8. The van der Waals surface area contributed by atoms with Crippen molar-refractivity contribution in [3.05, 3.63) is 23.8 Å². The van der Waals surface area contributed by atoms with Gasteiger partial charge in [0, 0.05) is 16.2 Å². The number of carbonyl (C=O) groups is 1. The van der Waals surface area contributed by atoms with E-state index >= 15 is 0 Å². The number of rotatable bonds is 3. The first-order chi connectivity index (χ1) is 8.49. The standard InChI is InChI=1S/C14H19NO2S/c1-8(2)10-5-4-6-11-14(10)15-9(3)12(18-11)7-13(16)17/h4-6,8-9,12,15H,7H2,1-3H3,(H,16,17). The van der Waals surface area contributed by atoms with Crippen molar-refractivity contribution in [1.29, 1.82) is 0 Å². The third-order valence-corrected chi connectivity index (χ3v) is 4.74. The molecular weight excluding hydrogens is 246 g/mol. The molecule has 2 rings (SSSR count). The summed E-state index contributed by atoms with van der Waals surface area (Å²) in [7, 11) is 0. The third-order valence-electron chi connectivity index (χ3n) is 3.26. The van der Waals surface area contributed by atoms with Gasteiger partial charge in [0.05, 0.1) is 12.1 Å². The summed E-state index contributed by atoms with van der Waals surface area (Å²) in [6.45, 7) is 6.41. The van der Waals surface area contributed by atoms with E-state index in [0.717, 1.165) is 0 Å². The lowest BCUT2D eigenvalue weighted by Crippen LogP contribution is -2.34. The van der Waals surface area contributed by atoms with Crippen molar-refractivity contribution in [2.75, 3.05) is 5.32 Å². The van der Waals surface area contributed by atoms with Gasteiger partial charge in [0.25, 0.3) is 0 Å². The van der Waals surface area contributed by atoms with Crippen molar-refractivity contribution >= 4 is 23.4 Å². The predicted molar refractivity (Wildman–Crippen MR) is 75.5 cm³/mol. The number of benzene rings is 1. The molecule has 0 fully saturated rings. The monoisotopic (exact) mass is 265 g/mol. The first-order valence-electron chi connectivity index (χ1n) is 6.27. The van der Waals surface area contributed by atoms with Crippen molar-refractivity contribution < 1.29 is 9.90 Å². The van der Waals surface area contributed by atoms with Crippen LogP contribution < -0.4 is 5.32 Å². The van der Waals surface area contributed by atoms with Crippen LogP contribution in [0.25, 0.3) is 0 Å². The molecule has 18 heavy (non-hydrogen) atoms. The fourth-order valence-electron chi connectivity index (χ4n) is 2.26. The molecule has 1 aliphatic heterocycles.